The number of benzene rings is 2. The number of amides is 2. The fourth-order valence-corrected chi connectivity index (χ4v) is 3.53. The Morgan fingerprint density at radius 3 is 2.36 bits per heavy atom. The lowest BCUT2D eigenvalue weighted by Crippen LogP contribution is -2.55. The monoisotopic (exact) mass is 379 g/mol. The summed E-state index contributed by atoms with van der Waals surface area (Å²) in [6.07, 6.45) is 1.84. The van der Waals surface area contributed by atoms with Gasteiger partial charge in [0.15, 0.2) is 0 Å². The van der Waals surface area contributed by atoms with Crippen LogP contribution in [0.3, 0.4) is 0 Å². The predicted octanol–water partition coefficient (Wildman–Crippen LogP) is 3.43. The van der Waals surface area contributed by atoms with Gasteiger partial charge < -0.3 is 10.6 Å². The molecule has 0 bridgehead atoms. The second-order valence-corrected chi connectivity index (χ2v) is 7.99. The van der Waals surface area contributed by atoms with E-state index in [1.807, 2.05) is 48.5 Å². The van der Waals surface area contributed by atoms with Crippen molar-refractivity contribution in [1.82, 2.24) is 10.2 Å². The van der Waals surface area contributed by atoms with E-state index in [4.69, 9.17) is 0 Å². The fourth-order valence-electron chi connectivity index (χ4n) is 3.53. The van der Waals surface area contributed by atoms with Crippen LogP contribution in [0.1, 0.15) is 32.3 Å². The zero-order valence-corrected chi connectivity index (χ0v) is 16.7. The maximum absolute atomic E-state index is 12.9. The summed E-state index contributed by atoms with van der Waals surface area (Å²) in [4.78, 5) is 27.8. The average molecular weight is 380 g/mol. The number of hydrogen-bond acceptors (Lipinski definition) is 3. The van der Waals surface area contributed by atoms with E-state index >= 15 is 0 Å². The summed E-state index contributed by atoms with van der Waals surface area (Å²) in [6, 6.07) is 19.6. The van der Waals surface area contributed by atoms with E-state index < -0.39 is 5.54 Å². The average Bonchev–Trinajstić information content (AvgIpc) is 2.69. The van der Waals surface area contributed by atoms with Crippen molar-refractivity contribution < 1.29 is 9.59 Å². The molecule has 1 aliphatic heterocycles. The van der Waals surface area contributed by atoms with Crippen molar-refractivity contribution >= 4 is 17.5 Å². The summed E-state index contributed by atoms with van der Waals surface area (Å²) in [5, 5.41) is 5.82. The number of likely N-dealkylation sites (tertiary alicyclic amines) is 1. The third-order valence-corrected chi connectivity index (χ3v) is 5.16. The number of nitrogens with one attached hydrogen (secondary N) is 2. The molecule has 0 aliphatic carbocycles. The van der Waals surface area contributed by atoms with E-state index in [0.717, 1.165) is 38.2 Å². The van der Waals surface area contributed by atoms with Gasteiger partial charge in [-0.2, -0.15) is 0 Å². The molecule has 1 atom stereocenters. The third-order valence-electron chi connectivity index (χ3n) is 5.16. The van der Waals surface area contributed by atoms with Gasteiger partial charge in [-0.25, -0.2) is 0 Å². The lowest BCUT2D eigenvalue weighted by molar-refractivity contribution is -0.133. The van der Waals surface area contributed by atoms with E-state index in [1.54, 1.807) is 13.8 Å². The van der Waals surface area contributed by atoms with Gasteiger partial charge in [-0.15, -0.1) is 0 Å². The molecule has 2 aromatic rings. The van der Waals surface area contributed by atoms with Crippen LogP contribution < -0.4 is 10.6 Å². The van der Waals surface area contributed by atoms with Gasteiger partial charge in [0.1, 0.15) is 5.54 Å². The van der Waals surface area contributed by atoms with Crippen LogP contribution in [0.15, 0.2) is 60.7 Å². The van der Waals surface area contributed by atoms with Gasteiger partial charge in [-0.1, -0.05) is 48.5 Å². The number of carbonyl (C=O) groups is 2. The topological polar surface area (TPSA) is 61.4 Å². The zero-order chi connectivity index (χ0) is 20.0. The molecular weight excluding hydrogens is 350 g/mol. The standard InChI is InChI=1S/C23H29N3O2/c1-23(2,22(28)24-20-13-7-4-8-14-20)25-21(27)19-12-9-15-26(17-19)16-18-10-5-3-6-11-18/h3-8,10-11,13-14,19H,9,12,15-17H2,1-2H3,(H,24,28)(H,25,27). The largest absolute Gasteiger partial charge is 0.342 e. The normalized spacial score (nSPS) is 17.7. The van der Waals surface area contributed by atoms with Crippen molar-refractivity contribution in [3.8, 4) is 0 Å². The molecule has 2 amide bonds. The third kappa shape index (κ3) is 5.42. The van der Waals surface area contributed by atoms with Crippen molar-refractivity contribution in [3.63, 3.8) is 0 Å². The minimum absolute atomic E-state index is 0.0500. The molecule has 0 radical (unpaired) electrons. The maximum atomic E-state index is 12.9. The number of nitrogens with zero attached hydrogens (tertiary/aromatic N) is 1. The molecule has 0 aromatic heterocycles. The number of piperidine rings is 1. The van der Waals surface area contributed by atoms with Crippen LogP contribution in [0.4, 0.5) is 5.69 Å². The lowest BCUT2D eigenvalue weighted by atomic mass is 9.94. The van der Waals surface area contributed by atoms with E-state index in [0.29, 0.717) is 0 Å². The molecule has 5 nitrogen and oxygen atoms in total. The van der Waals surface area contributed by atoms with Gasteiger partial charge in [0.2, 0.25) is 11.8 Å². The van der Waals surface area contributed by atoms with Crippen molar-refractivity contribution in [2.24, 2.45) is 5.92 Å². The summed E-state index contributed by atoms with van der Waals surface area (Å²) in [6.45, 7) is 6.05. The van der Waals surface area contributed by atoms with Crippen LogP contribution in [-0.2, 0) is 16.1 Å². The van der Waals surface area contributed by atoms with Gasteiger partial charge in [0.05, 0.1) is 5.92 Å². The molecule has 1 aliphatic rings. The Kier molecular flexibility index (Phi) is 6.47. The predicted molar refractivity (Wildman–Crippen MR) is 112 cm³/mol. The minimum atomic E-state index is -0.978. The van der Waals surface area contributed by atoms with Crippen molar-refractivity contribution in [3.05, 3.63) is 66.2 Å². The van der Waals surface area contributed by atoms with E-state index in [9.17, 15) is 9.59 Å². The van der Waals surface area contributed by atoms with Gasteiger partial charge in [0, 0.05) is 18.8 Å². The van der Waals surface area contributed by atoms with E-state index in [1.165, 1.54) is 5.56 Å². The smallest absolute Gasteiger partial charge is 0.249 e. The van der Waals surface area contributed by atoms with Gasteiger partial charge >= 0.3 is 0 Å². The zero-order valence-electron chi connectivity index (χ0n) is 16.7. The van der Waals surface area contributed by atoms with Crippen LogP contribution >= 0.6 is 0 Å². The molecule has 2 N–H and O–H groups in total. The van der Waals surface area contributed by atoms with Crippen molar-refractivity contribution in [1.29, 1.82) is 0 Å². The molecule has 2 aromatic carbocycles. The first-order valence-electron chi connectivity index (χ1n) is 9.89. The number of para-hydroxylation sites is 1. The van der Waals surface area contributed by atoms with Crippen LogP contribution in [-0.4, -0.2) is 35.3 Å². The Morgan fingerprint density at radius 1 is 1.04 bits per heavy atom. The first-order chi connectivity index (χ1) is 13.4. The molecule has 1 fully saturated rings. The summed E-state index contributed by atoms with van der Waals surface area (Å²) >= 11 is 0. The molecule has 5 heteroatoms. The van der Waals surface area contributed by atoms with Crippen LogP contribution in [0, 0.1) is 5.92 Å². The number of hydrogen-bond donors (Lipinski definition) is 2. The van der Waals surface area contributed by atoms with Gasteiger partial charge in [-0.3, -0.25) is 14.5 Å². The summed E-state index contributed by atoms with van der Waals surface area (Å²) in [5.74, 6) is -0.365. The highest BCUT2D eigenvalue weighted by molar-refractivity contribution is 6.00. The van der Waals surface area contributed by atoms with Crippen LogP contribution in [0.2, 0.25) is 0 Å². The van der Waals surface area contributed by atoms with E-state index in [2.05, 4.69) is 27.7 Å². The Hall–Kier alpha value is -2.66. The Bertz CT molecular complexity index is 790. The summed E-state index contributed by atoms with van der Waals surface area (Å²) in [7, 11) is 0. The van der Waals surface area contributed by atoms with Gasteiger partial charge in [0.25, 0.3) is 0 Å². The number of rotatable bonds is 6. The Balaban J connectivity index is 1.55. The highest BCUT2D eigenvalue weighted by Crippen LogP contribution is 2.20. The molecule has 1 saturated heterocycles. The molecule has 1 heterocycles. The molecule has 28 heavy (non-hydrogen) atoms. The molecular formula is C23H29N3O2. The van der Waals surface area contributed by atoms with Crippen LogP contribution in [0.25, 0.3) is 0 Å². The summed E-state index contributed by atoms with van der Waals surface area (Å²) in [5.41, 5.74) is 1.00. The quantitative estimate of drug-likeness (QED) is 0.808. The summed E-state index contributed by atoms with van der Waals surface area (Å²) < 4.78 is 0. The Labute approximate surface area is 167 Å². The molecule has 0 saturated carbocycles. The second-order valence-electron chi connectivity index (χ2n) is 7.99. The highest BCUT2D eigenvalue weighted by atomic mass is 16.2. The van der Waals surface area contributed by atoms with Gasteiger partial charge in [-0.05, 0) is 50.9 Å². The van der Waals surface area contributed by atoms with Crippen LogP contribution in [0.5, 0.6) is 0 Å². The van der Waals surface area contributed by atoms with E-state index in [-0.39, 0.29) is 17.7 Å². The molecule has 148 valence electrons. The second kappa shape index (κ2) is 9.02. The lowest BCUT2D eigenvalue weighted by Gasteiger charge is -2.34. The molecule has 3 rings (SSSR count). The molecule has 1 unspecified atom stereocenters. The SMILES string of the molecule is CC(C)(NC(=O)C1CCCN(Cc2ccccc2)C1)C(=O)Nc1ccccc1. The fraction of sp³-hybridized carbons (Fsp3) is 0.391. The number of carbonyl (C=O) groups excluding carboxylic acids is 2. The number of anilines is 1. The van der Waals surface area contributed by atoms with Crippen molar-refractivity contribution in [2.45, 2.75) is 38.8 Å². The highest BCUT2D eigenvalue weighted by Gasteiger charge is 2.33. The Morgan fingerprint density at radius 2 is 1.68 bits per heavy atom. The van der Waals surface area contributed by atoms with Crippen molar-refractivity contribution in [2.75, 3.05) is 18.4 Å². The maximum Gasteiger partial charge on any atom is 0.249 e. The first-order valence-corrected chi connectivity index (χ1v) is 9.89. The minimum Gasteiger partial charge on any atom is -0.342 e. The first kappa shape index (κ1) is 20.1. The molecule has 0 spiro atoms.